The summed E-state index contributed by atoms with van der Waals surface area (Å²) >= 11 is 0. The van der Waals surface area contributed by atoms with Crippen molar-refractivity contribution < 1.29 is 27.1 Å². The van der Waals surface area contributed by atoms with Crippen LogP contribution in [0.15, 0.2) is 47.4 Å². The Balaban J connectivity index is 1.42. The average Bonchev–Trinajstić information content (AvgIpc) is 2.79. The first-order valence-electron chi connectivity index (χ1n) is 10.3. The summed E-state index contributed by atoms with van der Waals surface area (Å²) in [4.78, 5) is 12.9. The molecule has 0 aromatic heterocycles. The summed E-state index contributed by atoms with van der Waals surface area (Å²) in [5.74, 6) is 0.189. The smallest absolute Gasteiger partial charge is 0.243 e. The monoisotopic (exact) mass is 448 g/mol. The van der Waals surface area contributed by atoms with Crippen molar-refractivity contribution in [3.8, 4) is 11.5 Å². The zero-order valence-electron chi connectivity index (χ0n) is 17.2. The molecule has 166 valence electrons. The van der Waals surface area contributed by atoms with Crippen LogP contribution < -0.4 is 14.8 Å². The van der Waals surface area contributed by atoms with E-state index in [4.69, 9.17) is 9.47 Å². The molecule has 2 aliphatic heterocycles. The van der Waals surface area contributed by atoms with E-state index < -0.39 is 21.8 Å². The van der Waals surface area contributed by atoms with Gasteiger partial charge in [-0.1, -0.05) is 6.07 Å². The predicted molar refractivity (Wildman–Crippen MR) is 112 cm³/mol. The molecule has 2 unspecified atom stereocenters. The lowest BCUT2D eigenvalue weighted by atomic mass is 9.97. The Morgan fingerprint density at radius 3 is 2.58 bits per heavy atom. The molecule has 1 fully saturated rings. The normalized spacial score (nSPS) is 20.1. The largest absolute Gasteiger partial charge is 0.486 e. The topological polar surface area (TPSA) is 84.9 Å². The van der Waals surface area contributed by atoms with Crippen LogP contribution in [0.3, 0.4) is 0 Å². The third kappa shape index (κ3) is 4.67. The third-order valence-corrected chi connectivity index (χ3v) is 7.51. The van der Waals surface area contributed by atoms with Crippen molar-refractivity contribution in [2.75, 3.05) is 26.3 Å². The van der Waals surface area contributed by atoms with Gasteiger partial charge in [-0.2, -0.15) is 4.31 Å². The molecule has 0 radical (unpaired) electrons. The molecular weight excluding hydrogens is 423 g/mol. The average molecular weight is 449 g/mol. The number of benzene rings is 2. The molecule has 2 aromatic rings. The van der Waals surface area contributed by atoms with E-state index in [1.165, 1.54) is 16.4 Å². The molecule has 0 bridgehead atoms. The molecule has 0 saturated carbocycles. The molecule has 0 spiro atoms. The van der Waals surface area contributed by atoms with E-state index >= 15 is 0 Å². The quantitative estimate of drug-likeness (QED) is 0.760. The van der Waals surface area contributed by atoms with E-state index in [-0.39, 0.29) is 23.4 Å². The van der Waals surface area contributed by atoms with Crippen LogP contribution in [0, 0.1) is 11.7 Å². The van der Waals surface area contributed by atoms with Crippen LogP contribution in [0.2, 0.25) is 0 Å². The molecule has 1 saturated heterocycles. The van der Waals surface area contributed by atoms with Crippen LogP contribution in [0.5, 0.6) is 11.5 Å². The molecule has 31 heavy (non-hydrogen) atoms. The number of carbonyl (C=O) groups excluding carboxylic acids is 1. The molecule has 2 aliphatic rings. The maximum atomic E-state index is 13.2. The maximum absolute atomic E-state index is 13.2. The molecule has 1 N–H and O–H groups in total. The van der Waals surface area contributed by atoms with E-state index in [1.807, 2.05) is 25.1 Å². The first kappa shape index (κ1) is 21.6. The van der Waals surface area contributed by atoms with Crippen molar-refractivity contribution in [2.24, 2.45) is 5.92 Å². The van der Waals surface area contributed by atoms with Gasteiger partial charge >= 0.3 is 0 Å². The van der Waals surface area contributed by atoms with Gasteiger partial charge in [-0.3, -0.25) is 4.79 Å². The fourth-order valence-corrected chi connectivity index (χ4v) is 5.40. The van der Waals surface area contributed by atoms with E-state index in [9.17, 15) is 17.6 Å². The second-order valence-electron chi connectivity index (χ2n) is 7.79. The lowest BCUT2D eigenvalue weighted by Gasteiger charge is -2.32. The Bertz CT molecular complexity index is 1060. The van der Waals surface area contributed by atoms with Gasteiger partial charge in [0.1, 0.15) is 19.0 Å². The van der Waals surface area contributed by atoms with E-state index in [1.54, 1.807) is 0 Å². The molecule has 4 rings (SSSR count). The van der Waals surface area contributed by atoms with Gasteiger partial charge in [0.2, 0.25) is 15.9 Å². The summed E-state index contributed by atoms with van der Waals surface area (Å²) in [5.41, 5.74) is 0.879. The number of rotatable bonds is 5. The fraction of sp³-hybridized carbons (Fsp3) is 0.409. The number of nitrogens with one attached hydrogen (secondary N) is 1. The number of sulfonamides is 1. The highest BCUT2D eigenvalue weighted by atomic mass is 32.2. The number of halogens is 1. The molecule has 9 heteroatoms. The highest BCUT2D eigenvalue weighted by Gasteiger charge is 2.33. The first-order chi connectivity index (χ1) is 14.8. The number of hydrogen-bond acceptors (Lipinski definition) is 5. The lowest BCUT2D eigenvalue weighted by Crippen LogP contribution is -2.45. The summed E-state index contributed by atoms with van der Waals surface area (Å²) < 4.78 is 51.4. The molecule has 0 aliphatic carbocycles. The van der Waals surface area contributed by atoms with E-state index in [0.717, 1.165) is 17.7 Å². The molecule has 2 heterocycles. The van der Waals surface area contributed by atoms with Crippen LogP contribution in [0.4, 0.5) is 4.39 Å². The summed E-state index contributed by atoms with van der Waals surface area (Å²) in [6.07, 6.45) is 1.19. The molecule has 2 aromatic carbocycles. The summed E-state index contributed by atoms with van der Waals surface area (Å²) in [5, 5.41) is 2.99. The summed E-state index contributed by atoms with van der Waals surface area (Å²) in [7, 11) is -3.78. The number of hydrogen-bond donors (Lipinski definition) is 1. The van der Waals surface area contributed by atoms with Gasteiger partial charge < -0.3 is 14.8 Å². The van der Waals surface area contributed by atoms with Gasteiger partial charge in [0, 0.05) is 13.1 Å². The Morgan fingerprint density at radius 2 is 1.84 bits per heavy atom. The SMILES string of the molecule is CC(NC(=O)C1CCCN(S(=O)(=O)c2ccc(F)cc2)C1)c1ccc2c(c1)OCCO2. The van der Waals surface area contributed by atoms with Gasteiger partial charge in [0.15, 0.2) is 11.5 Å². The van der Waals surface area contributed by atoms with Crippen molar-refractivity contribution >= 4 is 15.9 Å². The van der Waals surface area contributed by atoms with Gasteiger partial charge in [-0.05, 0) is 61.7 Å². The Kier molecular flexibility index (Phi) is 6.15. The number of amides is 1. The third-order valence-electron chi connectivity index (χ3n) is 5.63. The summed E-state index contributed by atoms with van der Waals surface area (Å²) in [6, 6.07) is 10.0. The molecule has 1 amide bonds. The fourth-order valence-electron chi connectivity index (χ4n) is 3.87. The number of carbonyl (C=O) groups is 1. The summed E-state index contributed by atoms with van der Waals surface area (Å²) in [6.45, 7) is 3.30. The molecule has 7 nitrogen and oxygen atoms in total. The van der Waals surface area contributed by atoms with Crippen LogP contribution >= 0.6 is 0 Å². The zero-order chi connectivity index (χ0) is 22.0. The van der Waals surface area contributed by atoms with Crippen LogP contribution in [0.25, 0.3) is 0 Å². The number of piperidine rings is 1. The first-order valence-corrected chi connectivity index (χ1v) is 11.7. The second-order valence-corrected chi connectivity index (χ2v) is 9.73. The Labute approximate surface area is 181 Å². The molecular formula is C22H25FN2O5S. The second kappa shape index (κ2) is 8.84. The minimum atomic E-state index is -3.78. The van der Waals surface area contributed by atoms with Crippen molar-refractivity contribution in [3.05, 3.63) is 53.8 Å². The van der Waals surface area contributed by atoms with Crippen molar-refractivity contribution in [1.82, 2.24) is 9.62 Å². The number of fused-ring (bicyclic) bond motifs is 1. The Morgan fingerprint density at radius 1 is 1.13 bits per heavy atom. The minimum Gasteiger partial charge on any atom is -0.486 e. The van der Waals surface area contributed by atoms with Gasteiger partial charge in [-0.25, -0.2) is 12.8 Å². The Hall–Kier alpha value is -2.65. The van der Waals surface area contributed by atoms with Crippen molar-refractivity contribution in [3.63, 3.8) is 0 Å². The zero-order valence-corrected chi connectivity index (χ0v) is 18.0. The highest BCUT2D eigenvalue weighted by Crippen LogP contribution is 2.33. The van der Waals surface area contributed by atoms with Crippen molar-refractivity contribution in [2.45, 2.75) is 30.7 Å². The van der Waals surface area contributed by atoms with Gasteiger partial charge in [-0.15, -0.1) is 0 Å². The van der Waals surface area contributed by atoms with Crippen LogP contribution in [-0.4, -0.2) is 44.9 Å². The highest BCUT2D eigenvalue weighted by molar-refractivity contribution is 7.89. The van der Waals surface area contributed by atoms with Crippen LogP contribution in [0.1, 0.15) is 31.4 Å². The van der Waals surface area contributed by atoms with Gasteiger partial charge in [0.05, 0.1) is 16.9 Å². The molecule has 2 atom stereocenters. The van der Waals surface area contributed by atoms with Gasteiger partial charge in [0.25, 0.3) is 0 Å². The predicted octanol–water partition coefficient (Wildman–Crippen LogP) is 2.88. The standard InChI is InChI=1S/C22H25FN2O5S/c1-15(16-4-9-20-21(13-16)30-12-11-29-20)24-22(26)17-3-2-10-25(14-17)31(27,28)19-7-5-18(23)6-8-19/h4-9,13,15,17H,2-3,10-12,14H2,1H3,(H,24,26). The minimum absolute atomic E-state index is 0.0274. The lowest BCUT2D eigenvalue weighted by molar-refractivity contribution is -0.126. The van der Waals surface area contributed by atoms with Crippen molar-refractivity contribution in [1.29, 1.82) is 0 Å². The van der Waals surface area contributed by atoms with Crippen LogP contribution in [-0.2, 0) is 14.8 Å². The van der Waals surface area contributed by atoms with E-state index in [2.05, 4.69) is 5.32 Å². The number of nitrogens with zero attached hydrogens (tertiary/aromatic N) is 1. The maximum Gasteiger partial charge on any atom is 0.243 e. The van der Waals surface area contributed by atoms with E-state index in [0.29, 0.717) is 44.1 Å². The number of ether oxygens (including phenoxy) is 2.